The Morgan fingerprint density at radius 1 is 1.20 bits per heavy atom. The quantitative estimate of drug-likeness (QED) is 0.736. The van der Waals surface area contributed by atoms with E-state index in [1.165, 1.54) is 0 Å². The number of carbonyl (C=O) groups is 2. The summed E-state index contributed by atoms with van der Waals surface area (Å²) in [7, 11) is 1.71. The van der Waals surface area contributed by atoms with Gasteiger partial charge in [0.2, 0.25) is 5.91 Å². The first-order chi connectivity index (χ1) is 6.79. The van der Waals surface area contributed by atoms with Crippen LogP contribution in [-0.2, 0) is 9.59 Å². The molecule has 0 unspecified atom stereocenters. The largest absolute Gasteiger partial charge is 0.344 e. The third-order valence-corrected chi connectivity index (χ3v) is 2.29. The summed E-state index contributed by atoms with van der Waals surface area (Å²) in [5.74, 6) is 0.107. The molecule has 0 atom stereocenters. The normalized spacial score (nSPS) is 11.3. The van der Waals surface area contributed by atoms with Crippen LogP contribution < -0.4 is 5.73 Å². The van der Waals surface area contributed by atoms with E-state index in [0.29, 0.717) is 19.5 Å². The van der Waals surface area contributed by atoms with Crippen LogP contribution in [0.1, 0.15) is 33.6 Å². The standard InChI is InChI=1S/C11H22N2O2/c1-11(2,3)9(14)5-6-10(15)13(4)8-7-12/h5-8,12H2,1-4H3. The minimum Gasteiger partial charge on any atom is -0.344 e. The predicted molar refractivity (Wildman–Crippen MR) is 60.4 cm³/mol. The summed E-state index contributed by atoms with van der Waals surface area (Å²) >= 11 is 0. The van der Waals surface area contributed by atoms with Crippen LogP contribution in [0.15, 0.2) is 0 Å². The van der Waals surface area contributed by atoms with Gasteiger partial charge < -0.3 is 10.6 Å². The number of likely N-dealkylation sites (N-methyl/N-ethyl adjacent to an activating group) is 1. The minimum absolute atomic E-state index is 0.0157. The topological polar surface area (TPSA) is 63.4 Å². The molecule has 0 aromatic rings. The summed E-state index contributed by atoms with van der Waals surface area (Å²) in [6.07, 6.45) is 0.601. The SMILES string of the molecule is CN(CCN)C(=O)CCC(=O)C(C)(C)C. The van der Waals surface area contributed by atoms with E-state index in [1.807, 2.05) is 20.8 Å². The number of hydrogen-bond donors (Lipinski definition) is 1. The van der Waals surface area contributed by atoms with Crippen molar-refractivity contribution in [1.29, 1.82) is 0 Å². The van der Waals surface area contributed by atoms with Crippen LogP contribution in [0.4, 0.5) is 0 Å². The molecule has 4 nitrogen and oxygen atoms in total. The van der Waals surface area contributed by atoms with Crippen LogP contribution in [0.2, 0.25) is 0 Å². The maximum absolute atomic E-state index is 11.6. The Labute approximate surface area is 91.8 Å². The Kier molecular flexibility index (Phi) is 5.50. The fourth-order valence-electron chi connectivity index (χ4n) is 1.10. The van der Waals surface area contributed by atoms with E-state index in [1.54, 1.807) is 11.9 Å². The molecule has 0 aliphatic carbocycles. The number of rotatable bonds is 5. The first-order valence-electron chi connectivity index (χ1n) is 5.26. The van der Waals surface area contributed by atoms with E-state index in [-0.39, 0.29) is 23.5 Å². The molecule has 0 saturated carbocycles. The second kappa shape index (κ2) is 5.85. The molecule has 0 aliphatic heterocycles. The molecule has 0 spiro atoms. The molecule has 0 saturated heterocycles. The van der Waals surface area contributed by atoms with Crippen molar-refractivity contribution in [2.45, 2.75) is 33.6 Å². The average molecular weight is 214 g/mol. The number of nitrogens with two attached hydrogens (primary N) is 1. The summed E-state index contributed by atoms with van der Waals surface area (Å²) in [6.45, 7) is 6.59. The molecule has 0 fully saturated rings. The monoisotopic (exact) mass is 214 g/mol. The molecular formula is C11H22N2O2. The lowest BCUT2D eigenvalue weighted by Gasteiger charge is -2.18. The fourth-order valence-corrected chi connectivity index (χ4v) is 1.10. The van der Waals surface area contributed by atoms with Crippen molar-refractivity contribution in [2.24, 2.45) is 11.1 Å². The van der Waals surface area contributed by atoms with Gasteiger partial charge in [-0.3, -0.25) is 9.59 Å². The van der Waals surface area contributed by atoms with Gasteiger partial charge in [-0.25, -0.2) is 0 Å². The Morgan fingerprint density at radius 3 is 2.13 bits per heavy atom. The second-order valence-electron chi connectivity index (χ2n) is 4.78. The van der Waals surface area contributed by atoms with E-state index in [4.69, 9.17) is 5.73 Å². The highest BCUT2D eigenvalue weighted by Gasteiger charge is 2.22. The number of carbonyl (C=O) groups excluding carboxylic acids is 2. The van der Waals surface area contributed by atoms with Gasteiger partial charge in [0, 0.05) is 38.4 Å². The Bertz CT molecular complexity index is 231. The second-order valence-corrected chi connectivity index (χ2v) is 4.78. The molecule has 2 N–H and O–H groups in total. The molecule has 1 amide bonds. The van der Waals surface area contributed by atoms with Crippen LogP contribution in [0, 0.1) is 5.41 Å². The Hall–Kier alpha value is -0.900. The van der Waals surface area contributed by atoms with Gasteiger partial charge >= 0.3 is 0 Å². The van der Waals surface area contributed by atoms with Gasteiger partial charge in [0.1, 0.15) is 5.78 Å². The van der Waals surface area contributed by atoms with Gasteiger partial charge in [-0.15, -0.1) is 0 Å². The van der Waals surface area contributed by atoms with Crippen molar-refractivity contribution >= 4 is 11.7 Å². The van der Waals surface area contributed by atoms with Crippen molar-refractivity contribution in [3.63, 3.8) is 0 Å². The number of nitrogens with zero attached hydrogens (tertiary/aromatic N) is 1. The summed E-state index contributed by atoms with van der Waals surface area (Å²) < 4.78 is 0. The van der Waals surface area contributed by atoms with Crippen LogP contribution in [-0.4, -0.2) is 36.7 Å². The van der Waals surface area contributed by atoms with E-state index in [9.17, 15) is 9.59 Å². The van der Waals surface area contributed by atoms with E-state index in [0.717, 1.165) is 0 Å². The predicted octanol–water partition coefficient (Wildman–Crippen LogP) is 0.799. The molecular weight excluding hydrogens is 192 g/mol. The van der Waals surface area contributed by atoms with Gasteiger partial charge in [-0.2, -0.15) is 0 Å². The van der Waals surface area contributed by atoms with Gasteiger partial charge in [-0.1, -0.05) is 20.8 Å². The van der Waals surface area contributed by atoms with Crippen LogP contribution >= 0.6 is 0 Å². The molecule has 0 radical (unpaired) electrons. The highest BCUT2D eigenvalue weighted by atomic mass is 16.2. The van der Waals surface area contributed by atoms with E-state index < -0.39 is 0 Å². The molecule has 0 aromatic heterocycles. The molecule has 15 heavy (non-hydrogen) atoms. The van der Waals surface area contributed by atoms with Gasteiger partial charge in [0.15, 0.2) is 0 Å². The van der Waals surface area contributed by atoms with Crippen LogP contribution in [0.25, 0.3) is 0 Å². The van der Waals surface area contributed by atoms with E-state index >= 15 is 0 Å². The van der Waals surface area contributed by atoms with Crippen molar-refractivity contribution in [2.75, 3.05) is 20.1 Å². The van der Waals surface area contributed by atoms with Crippen molar-refractivity contribution < 1.29 is 9.59 Å². The highest BCUT2D eigenvalue weighted by Crippen LogP contribution is 2.17. The molecule has 0 rings (SSSR count). The zero-order valence-electron chi connectivity index (χ0n) is 10.2. The Balaban J connectivity index is 3.96. The molecule has 4 heteroatoms. The first kappa shape index (κ1) is 14.1. The maximum Gasteiger partial charge on any atom is 0.222 e. The first-order valence-corrected chi connectivity index (χ1v) is 5.26. The molecule has 0 aromatic carbocycles. The van der Waals surface area contributed by atoms with Gasteiger partial charge in [-0.05, 0) is 0 Å². The third kappa shape index (κ3) is 5.52. The summed E-state index contributed by atoms with van der Waals surface area (Å²) in [4.78, 5) is 24.6. The maximum atomic E-state index is 11.6. The minimum atomic E-state index is -0.354. The summed E-state index contributed by atoms with van der Waals surface area (Å²) in [5, 5.41) is 0. The van der Waals surface area contributed by atoms with Crippen LogP contribution in [0.3, 0.4) is 0 Å². The fraction of sp³-hybridized carbons (Fsp3) is 0.818. The third-order valence-electron chi connectivity index (χ3n) is 2.29. The zero-order chi connectivity index (χ0) is 12.1. The van der Waals surface area contributed by atoms with Gasteiger partial charge in [0.25, 0.3) is 0 Å². The van der Waals surface area contributed by atoms with Crippen molar-refractivity contribution in [1.82, 2.24) is 4.90 Å². The molecule has 0 aliphatic rings. The van der Waals surface area contributed by atoms with Crippen molar-refractivity contribution in [3.05, 3.63) is 0 Å². The van der Waals surface area contributed by atoms with Crippen LogP contribution in [0.5, 0.6) is 0 Å². The molecule has 0 bridgehead atoms. The number of hydrogen-bond acceptors (Lipinski definition) is 3. The lowest BCUT2D eigenvalue weighted by molar-refractivity contribution is -0.133. The summed E-state index contributed by atoms with van der Waals surface area (Å²) in [5.41, 5.74) is 4.98. The average Bonchev–Trinajstić information content (AvgIpc) is 2.12. The number of ketones is 1. The number of amides is 1. The summed E-state index contributed by atoms with van der Waals surface area (Å²) in [6, 6.07) is 0. The van der Waals surface area contributed by atoms with Crippen molar-refractivity contribution in [3.8, 4) is 0 Å². The highest BCUT2D eigenvalue weighted by molar-refractivity contribution is 5.88. The lowest BCUT2D eigenvalue weighted by atomic mass is 9.88. The molecule has 88 valence electrons. The smallest absolute Gasteiger partial charge is 0.222 e. The van der Waals surface area contributed by atoms with E-state index in [2.05, 4.69) is 0 Å². The van der Waals surface area contributed by atoms with Gasteiger partial charge in [0.05, 0.1) is 0 Å². The Morgan fingerprint density at radius 2 is 1.73 bits per heavy atom. The number of Topliss-reactive ketones (excluding diaryl/α,β-unsaturated/α-hetero) is 1. The molecule has 0 heterocycles. The zero-order valence-corrected chi connectivity index (χ0v) is 10.2. The lowest BCUT2D eigenvalue weighted by Crippen LogP contribution is -2.32.